The number of terminal acetylenes is 1. The zero-order valence-electron chi connectivity index (χ0n) is 19.4. The molecule has 1 saturated heterocycles. The number of halogens is 2. The van der Waals surface area contributed by atoms with Crippen LogP contribution in [-0.2, 0) is 4.79 Å². The molecule has 1 aliphatic rings. The molecule has 0 radical (unpaired) electrons. The molecule has 0 spiro atoms. The molecule has 0 bridgehead atoms. The highest BCUT2D eigenvalue weighted by atomic mass is 19.1. The summed E-state index contributed by atoms with van der Waals surface area (Å²) in [4.78, 5) is 31.7. The quantitative estimate of drug-likeness (QED) is 0.311. The first-order valence-electron chi connectivity index (χ1n) is 11.2. The summed E-state index contributed by atoms with van der Waals surface area (Å²) in [6.07, 6.45) is 12.7. The van der Waals surface area contributed by atoms with Crippen LogP contribution in [0.1, 0.15) is 43.2 Å². The third-order valence-corrected chi connectivity index (χ3v) is 5.55. The Morgan fingerprint density at radius 1 is 1.09 bits per heavy atom. The second-order valence-corrected chi connectivity index (χ2v) is 7.98. The van der Waals surface area contributed by atoms with Crippen LogP contribution in [0.5, 0.6) is 0 Å². The van der Waals surface area contributed by atoms with Crippen molar-refractivity contribution in [2.45, 2.75) is 38.1 Å². The third-order valence-electron chi connectivity index (χ3n) is 5.55. The molecule has 5 nitrogen and oxygen atoms in total. The molecular formula is C28H25F2N3O2. The maximum atomic E-state index is 14.9. The van der Waals surface area contributed by atoms with E-state index in [0.29, 0.717) is 16.9 Å². The predicted octanol–water partition coefficient (Wildman–Crippen LogP) is 5.30. The highest BCUT2D eigenvalue weighted by Gasteiger charge is 2.39. The molecule has 0 aliphatic carbocycles. The Bertz CT molecular complexity index is 1210. The van der Waals surface area contributed by atoms with Crippen molar-refractivity contribution in [3.8, 4) is 24.2 Å². The van der Waals surface area contributed by atoms with E-state index >= 15 is 0 Å². The van der Waals surface area contributed by atoms with Crippen LogP contribution in [0.15, 0.2) is 59.7 Å². The van der Waals surface area contributed by atoms with Gasteiger partial charge in [0.15, 0.2) is 11.6 Å². The van der Waals surface area contributed by atoms with Crippen molar-refractivity contribution in [1.82, 2.24) is 4.90 Å². The fraction of sp³-hybridized carbons (Fsp3) is 0.250. The summed E-state index contributed by atoms with van der Waals surface area (Å²) in [5.41, 5.74) is 0.125. The number of hydrogen-bond donors (Lipinski definition) is 0. The van der Waals surface area contributed by atoms with Gasteiger partial charge in [-0.05, 0) is 43.5 Å². The minimum Gasteiger partial charge on any atom is -0.324 e. The maximum absolute atomic E-state index is 14.9. The van der Waals surface area contributed by atoms with E-state index in [1.165, 1.54) is 24.2 Å². The van der Waals surface area contributed by atoms with Gasteiger partial charge in [-0.25, -0.2) is 18.5 Å². The number of amides is 3. The summed E-state index contributed by atoms with van der Waals surface area (Å²) in [6.45, 7) is 0. The molecule has 1 heterocycles. The van der Waals surface area contributed by atoms with Gasteiger partial charge in [0.25, 0.3) is 0 Å². The van der Waals surface area contributed by atoms with Gasteiger partial charge in [-0.1, -0.05) is 42.4 Å². The number of allylic oxidation sites excluding steroid dienone is 1. The summed E-state index contributed by atoms with van der Waals surface area (Å²) in [5.74, 6) is 5.20. The number of carbonyl (C=O) groups excluding carboxylic acids is 2. The Morgan fingerprint density at radius 2 is 1.77 bits per heavy atom. The van der Waals surface area contributed by atoms with Gasteiger partial charge < -0.3 is 4.90 Å². The second kappa shape index (κ2) is 12.3. The number of aliphatic imine (C=N–C) groups is 1. The van der Waals surface area contributed by atoms with Crippen LogP contribution < -0.4 is 4.90 Å². The van der Waals surface area contributed by atoms with Crippen molar-refractivity contribution in [3.05, 3.63) is 77.5 Å². The molecule has 35 heavy (non-hydrogen) atoms. The molecule has 3 amide bonds. The number of urea groups is 1. The van der Waals surface area contributed by atoms with Crippen molar-refractivity contribution >= 4 is 23.8 Å². The number of nitrogens with zero attached hydrogens (tertiary/aromatic N) is 3. The molecule has 1 atom stereocenters. The van der Waals surface area contributed by atoms with E-state index in [1.807, 2.05) is 6.07 Å². The fourth-order valence-corrected chi connectivity index (χ4v) is 3.72. The molecule has 1 unspecified atom stereocenters. The second-order valence-electron chi connectivity index (χ2n) is 7.98. The molecule has 0 saturated carbocycles. The fourth-order valence-electron chi connectivity index (χ4n) is 3.72. The first-order chi connectivity index (χ1) is 16.9. The van der Waals surface area contributed by atoms with Crippen LogP contribution in [0.25, 0.3) is 0 Å². The lowest BCUT2D eigenvalue weighted by Gasteiger charge is -2.38. The van der Waals surface area contributed by atoms with Crippen LogP contribution in [0, 0.1) is 35.8 Å². The smallest absolute Gasteiger partial charge is 0.324 e. The lowest BCUT2D eigenvalue weighted by atomic mass is 10.0. The van der Waals surface area contributed by atoms with E-state index in [1.54, 1.807) is 30.5 Å². The summed E-state index contributed by atoms with van der Waals surface area (Å²) in [5, 5.41) is 0. The maximum Gasteiger partial charge on any atom is 0.331 e. The monoisotopic (exact) mass is 473 g/mol. The van der Waals surface area contributed by atoms with Crippen LogP contribution in [0.2, 0.25) is 0 Å². The molecule has 178 valence electrons. The van der Waals surface area contributed by atoms with Crippen LogP contribution in [0.4, 0.5) is 19.3 Å². The average molecular weight is 474 g/mol. The highest BCUT2D eigenvalue weighted by molar-refractivity contribution is 6.16. The van der Waals surface area contributed by atoms with Gasteiger partial charge in [0.1, 0.15) is 5.69 Å². The lowest BCUT2D eigenvalue weighted by Crippen LogP contribution is -2.56. The van der Waals surface area contributed by atoms with Crippen molar-refractivity contribution < 1.29 is 18.4 Å². The van der Waals surface area contributed by atoms with Crippen molar-refractivity contribution in [3.63, 3.8) is 0 Å². The first-order valence-corrected chi connectivity index (χ1v) is 11.2. The van der Waals surface area contributed by atoms with E-state index in [4.69, 9.17) is 6.42 Å². The Labute approximate surface area is 204 Å². The number of unbranched alkanes of at least 4 members (excludes halogenated alkanes) is 2. The van der Waals surface area contributed by atoms with Gasteiger partial charge in [-0.2, -0.15) is 0 Å². The van der Waals surface area contributed by atoms with Gasteiger partial charge in [0.2, 0.25) is 5.91 Å². The van der Waals surface area contributed by atoms with E-state index in [0.717, 1.165) is 31.4 Å². The van der Waals surface area contributed by atoms with Gasteiger partial charge in [0, 0.05) is 49.1 Å². The zero-order chi connectivity index (χ0) is 25.2. The van der Waals surface area contributed by atoms with E-state index < -0.39 is 29.3 Å². The topological polar surface area (TPSA) is 53.0 Å². The molecule has 3 rings (SSSR count). The Kier molecular flexibility index (Phi) is 8.92. The van der Waals surface area contributed by atoms with Gasteiger partial charge in [-0.3, -0.25) is 9.79 Å². The largest absolute Gasteiger partial charge is 0.331 e. The summed E-state index contributed by atoms with van der Waals surface area (Å²) in [7, 11) is 1.54. The third kappa shape index (κ3) is 6.65. The molecule has 2 aromatic rings. The minimum atomic E-state index is -1.02. The summed E-state index contributed by atoms with van der Waals surface area (Å²) in [6, 6.07) is 9.96. The van der Waals surface area contributed by atoms with Gasteiger partial charge >= 0.3 is 6.03 Å². The number of benzene rings is 2. The predicted molar refractivity (Wildman–Crippen MR) is 133 cm³/mol. The summed E-state index contributed by atoms with van der Waals surface area (Å²) < 4.78 is 29.8. The first kappa shape index (κ1) is 25.4. The van der Waals surface area contributed by atoms with Gasteiger partial charge in [-0.15, -0.1) is 6.42 Å². The normalized spacial score (nSPS) is 16.0. The molecule has 2 aromatic carbocycles. The van der Waals surface area contributed by atoms with Crippen LogP contribution in [-0.4, -0.2) is 36.1 Å². The number of imide groups is 1. The number of anilines is 1. The van der Waals surface area contributed by atoms with Gasteiger partial charge in [0.05, 0.1) is 0 Å². The minimum absolute atomic E-state index is 0.0182. The average Bonchev–Trinajstić information content (AvgIpc) is 2.84. The number of rotatable bonds is 7. The van der Waals surface area contributed by atoms with Crippen LogP contribution >= 0.6 is 0 Å². The Morgan fingerprint density at radius 3 is 2.46 bits per heavy atom. The number of hydrogen-bond acceptors (Lipinski definition) is 3. The lowest BCUT2D eigenvalue weighted by molar-refractivity contribution is -0.120. The van der Waals surface area contributed by atoms with Crippen LogP contribution in [0.3, 0.4) is 0 Å². The number of carbonyl (C=O) groups is 2. The van der Waals surface area contributed by atoms with E-state index in [9.17, 15) is 18.4 Å². The molecule has 0 aromatic heterocycles. The Balaban J connectivity index is 1.67. The molecule has 1 fully saturated rings. The molecular weight excluding hydrogens is 448 g/mol. The van der Waals surface area contributed by atoms with Crippen molar-refractivity contribution in [2.75, 3.05) is 11.9 Å². The van der Waals surface area contributed by atoms with Crippen molar-refractivity contribution in [2.24, 2.45) is 4.99 Å². The molecule has 7 heteroatoms. The zero-order valence-corrected chi connectivity index (χ0v) is 19.4. The summed E-state index contributed by atoms with van der Waals surface area (Å²) >= 11 is 0. The molecule has 0 N–H and O–H groups in total. The Hall–Kier alpha value is -4.23. The van der Waals surface area contributed by atoms with Crippen molar-refractivity contribution in [1.29, 1.82) is 0 Å². The molecule has 1 aliphatic heterocycles. The highest BCUT2D eigenvalue weighted by Crippen LogP contribution is 2.31. The van der Waals surface area contributed by atoms with E-state index in [2.05, 4.69) is 22.8 Å². The van der Waals surface area contributed by atoms with E-state index in [-0.39, 0.29) is 18.0 Å². The standard InChI is InChI=1S/C28H25F2N3O2/c1-3-4-16-31-17-10-6-9-13-23-20-26(34)33(28(35)32(23)2)27-24(29)18-22(19-25(27)30)15-14-21-11-7-5-8-12-21/h1,4-5,7-8,11-12,16-19,23H,6,9-10,13,20H2,2H3/b16-4-,31-17?. The SMILES string of the molecule is C#C/C=C\N=CCCCCC1CC(=O)N(c2c(F)cc(C#Cc3ccccc3)cc2F)C(=O)N1C.